The highest BCUT2D eigenvalue weighted by molar-refractivity contribution is 5.77. The van der Waals surface area contributed by atoms with Crippen molar-refractivity contribution < 1.29 is 9.53 Å². The normalized spacial score (nSPS) is 9.88. The third-order valence-electron chi connectivity index (χ3n) is 3.26. The van der Waals surface area contributed by atoms with Crippen molar-refractivity contribution in [3.8, 4) is 23.8 Å². The molecule has 0 saturated heterocycles. The van der Waals surface area contributed by atoms with E-state index in [1.807, 2.05) is 18.2 Å². The highest BCUT2D eigenvalue weighted by atomic mass is 16.5. The maximum absolute atomic E-state index is 10.8. The minimum absolute atomic E-state index is 0.0798. The number of hydrogen-bond acceptors (Lipinski definition) is 7. The number of ketones is 1. The summed E-state index contributed by atoms with van der Waals surface area (Å²) in [5, 5.41) is 20.9. The largest absolute Gasteiger partial charge is 0.439 e. The Hall–Kier alpha value is -3.29. The summed E-state index contributed by atoms with van der Waals surface area (Å²) >= 11 is 0. The molecular formula is C18H17N5O2. The Bertz CT molecular complexity index is 787. The predicted octanol–water partition coefficient (Wildman–Crippen LogP) is 2.12. The van der Waals surface area contributed by atoms with Gasteiger partial charge in [0, 0.05) is 6.07 Å². The SMILES string of the molecule is CC(=O)CNCCCc1ccc(Oc2cc(C#N)nc(C#N)n2)cc1. The van der Waals surface area contributed by atoms with Gasteiger partial charge in [0.1, 0.15) is 29.4 Å². The Labute approximate surface area is 145 Å². The van der Waals surface area contributed by atoms with Gasteiger partial charge in [-0.3, -0.25) is 4.79 Å². The van der Waals surface area contributed by atoms with Gasteiger partial charge in [0.2, 0.25) is 11.7 Å². The molecule has 2 rings (SSSR count). The van der Waals surface area contributed by atoms with Crippen LogP contribution in [-0.2, 0) is 11.2 Å². The quantitative estimate of drug-likeness (QED) is 0.735. The molecule has 7 heteroatoms. The lowest BCUT2D eigenvalue weighted by Crippen LogP contribution is -2.22. The molecule has 0 atom stereocenters. The van der Waals surface area contributed by atoms with Crippen LogP contribution in [0.25, 0.3) is 0 Å². The first-order valence-corrected chi connectivity index (χ1v) is 7.77. The summed E-state index contributed by atoms with van der Waals surface area (Å²) in [6.45, 7) is 2.75. The molecule has 2 aromatic rings. The molecule has 1 aromatic carbocycles. The lowest BCUT2D eigenvalue weighted by molar-refractivity contribution is -0.116. The number of benzene rings is 1. The average Bonchev–Trinajstić information content (AvgIpc) is 2.62. The fourth-order valence-corrected chi connectivity index (χ4v) is 2.11. The first kappa shape index (κ1) is 18.1. The Kier molecular flexibility index (Phi) is 6.58. The Morgan fingerprint density at radius 2 is 1.96 bits per heavy atom. The first-order chi connectivity index (χ1) is 12.1. The van der Waals surface area contributed by atoms with E-state index in [1.54, 1.807) is 25.1 Å². The molecule has 0 aliphatic heterocycles. The van der Waals surface area contributed by atoms with E-state index >= 15 is 0 Å². The van der Waals surface area contributed by atoms with Crippen molar-refractivity contribution in [2.24, 2.45) is 0 Å². The van der Waals surface area contributed by atoms with Crippen molar-refractivity contribution in [3.63, 3.8) is 0 Å². The van der Waals surface area contributed by atoms with Crippen LogP contribution in [-0.4, -0.2) is 28.8 Å². The molecule has 0 bridgehead atoms. The molecule has 0 radical (unpaired) electrons. The average molecular weight is 335 g/mol. The van der Waals surface area contributed by atoms with Crippen LogP contribution in [0.15, 0.2) is 30.3 Å². The van der Waals surface area contributed by atoms with Crippen LogP contribution in [0.5, 0.6) is 11.6 Å². The highest BCUT2D eigenvalue weighted by Gasteiger charge is 2.06. The van der Waals surface area contributed by atoms with Gasteiger partial charge in [-0.1, -0.05) is 12.1 Å². The zero-order valence-electron chi connectivity index (χ0n) is 13.8. The number of carbonyl (C=O) groups excluding carboxylic acids is 1. The van der Waals surface area contributed by atoms with Crippen molar-refractivity contribution in [2.45, 2.75) is 19.8 Å². The Morgan fingerprint density at radius 1 is 1.20 bits per heavy atom. The van der Waals surface area contributed by atoms with Crippen LogP contribution in [0, 0.1) is 22.7 Å². The van der Waals surface area contributed by atoms with Gasteiger partial charge in [-0.15, -0.1) is 0 Å². The number of carbonyl (C=O) groups is 1. The summed E-state index contributed by atoms with van der Waals surface area (Å²) in [4.78, 5) is 18.5. The minimum atomic E-state index is -0.108. The summed E-state index contributed by atoms with van der Waals surface area (Å²) in [6.07, 6.45) is 1.81. The second kappa shape index (κ2) is 9.11. The molecule has 0 saturated carbocycles. The van der Waals surface area contributed by atoms with Crippen molar-refractivity contribution in [3.05, 3.63) is 47.4 Å². The summed E-state index contributed by atoms with van der Waals surface area (Å²) < 4.78 is 5.58. The number of nitrogens with one attached hydrogen (secondary N) is 1. The molecule has 0 amide bonds. The zero-order valence-corrected chi connectivity index (χ0v) is 13.8. The first-order valence-electron chi connectivity index (χ1n) is 7.77. The van der Waals surface area contributed by atoms with Gasteiger partial charge in [0.15, 0.2) is 0 Å². The molecule has 0 unspecified atom stereocenters. The van der Waals surface area contributed by atoms with Crippen molar-refractivity contribution in [1.82, 2.24) is 15.3 Å². The van der Waals surface area contributed by atoms with Crippen LogP contribution in [0.4, 0.5) is 0 Å². The molecule has 0 spiro atoms. The van der Waals surface area contributed by atoms with E-state index in [4.69, 9.17) is 15.3 Å². The number of ether oxygens (including phenoxy) is 1. The van der Waals surface area contributed by atoms with E-state index in [-0.39, 0.29) is 23.2 Å². The lowest BCUT2D eigenvalue weighted by atomic mass is 10.1. The molecule has 1 aromatic heterocycles. The van der Waals surface area contributed by atoms with Crippen LogP contribution in [0.3, 0.4) is 0 Å². The van der Waals surface area contributed by atoms with E-state index in [0.717, 1.165) is 24.9 Å². The maximum Gasteiger partial charge on any atom is 0.236 e. The van der Waals surface area contributed by atoms with Gasteiger partial charge in [-0.25, -0.2) is 4.98 Å². The van der Waals surface area contributed by atoms with Gasteiger partial charge < -0.3 is 10.1 Å². The monoisotopic (exact) mass is 335 g/mol. The van der Waals surface area contributed by atoms with Crippen LogP contribution in [0.2, 0.25) is 0 Å². The summed E-state index contributed by atoms with van der Waals surface area (Å²) in [5.41, 5.74) is 1.23. The Morgan fingerprint density at radius 3 is 2.60 bits per heavy atom. The molecule has 7 nitrogen and oxygen atoms in total. The van der Waals surface area contributed by atoms with Gasteiger partial charge in [-0.05, 0) is 44.0 Å². The van der Waals surface area contributed by atoms with Gasteiger partial charge >= 0.3 is 0 Å². The van der Waals surface area contributed by atoms with Gasteiger partial charge in [0.25, 0.3) is 0 Å². The summed E-state index contributed by atoms with van der Waals surface area (Å²) in [5.74, 6) is 0.739. The molecule has 0 aliphatic carbocycles. The Balaban J connectivity index is 1.91. The number of aromatic nitrogens is 2. The zero-order chi connectivity index (χ0) is 18.1. The number of nitrogens with zero attached hydrogens (tertiary/aromatic N) is 4. The third kappa shape index (κ3) is 6.02. The molecule has 0 aliphatic rings. The highest BCUT2D eigenvalue weighted by Crippen LogP contribution is 2.21. The number of aryl methyl sites for hydroxylation is 1. The third-order valence-corrected chi connectivity index (χ3v) is 3.26. The predicted molar refractivity (Wildman–Crippen MR) is 89.8 cm³/mol. The molecule has 25 heavy (non-hydrogen) atoms. The number of rotatable bonds is 8. The second-order valence-corrected chi connectivity index (χ2v) is 5.37. The molecule has 1 heterocycles. The second-order valence-electron chi connectivity index (χ2n) is 5.37. The standard InChI is InChI=1S/C18H17N5O2/c1-13(24)12-21-8-2-3-14-4-6-16(7-5-14)25-18-9-15(10-19)22-17(11-20)23-18/h4-7,9,21H,2-3,8,12H2,1H3. The van der Waals surface area contributed by atoms with Crippen LogP contribution < -0.4 is 10.1 Å². The van der Waals surface area contributed by atoms with Crippen molar-refractivity contribution >= 4 is 5.78 Å². The molecular weight excluding hydrogens is 318 g/mol. The number of Topliss-reactive ketones (excluding diaryl/α,β-unsaturated/α-hetero) is 1. The van der Waals surface area contributed by atoms with Gasteiger partial charge in [0.05, 0.1) is 6.54 Å². The number of nitriles is 2. The molecule has 126 valence electrons. The molecule has 1 N–H and O–H groups in total. The topological polar surface area (TPSA) is 112 Å². The van der Waals surface area contributed by atoms with Crippen molar-refractivity contribution in [1.29, 1.82) is 10.5 Å². The van der Waals surface area contributed by atoms with E-state index in [1.165, 1.54) is 6.07 Å². The summed E-state index contributed by atoms with van der Waals surface area (Å²) in [6, 6.07) is 12.5. The minimum Gasteiger partial charge on any atom is -0.439 e. The summed E-state index contributed by atoms with van der Waals surface area (Å²) in [7, 11) is 0. The van der Waals surface area contributed by atoms with E-state index < -0.39 is 0 Å². The van der Waals surface area contributed by atoms with E-state index in [2.05, 4.69) is 15.3 Å². The smallest absolute Gasteiger partial charge is 0.236 e. The number of hydrogen-bond donors (Lipinski definition) is 1. The maximum atomic E-state index is 10.8. The fourth-order valence-electron chi connectivity index (χ4n) is 2.11. The van der Waals surface area contributed by atoms with E-state index in [9.17, 15) is 4.79 Å². The molecule has 0 fully saturated rings. The lowest BCUT2D eigenvalue weighted by Gasteiger charge is -2.07. The van der Waals surface area contributed by atoms with Gasteiger partial charge in [-0.2, -0.15) is 15.5 Å². The van der Waals surface area contributed by atoms with Crippen molar-refractivity contribution in [2.75, 3.05) is 13.1 Å². The van der Waals surface area contributed by atoms with E-state index in [0.29, 0.717) is 12.3 Å². The van der Waals surface area contributed by atoms with Crippen LogP contribution >= 0.6 is 0 Å². The van der Waals surface area contributed by atoms with Crippen LogP contribution in [0.1, 0.15) is 30.4 Å². The fraction of sp³-hybridized carbons (Fsp3) is 0.278.